The number of aryl methyl sites for hydroxylation is 1. The number of nitrogens with zero attached hydrogens (tertiary/aromatic N) is 2. The lowest BCUT2D eigenvalue weighted by Crippen LogP contribution is -2.51. The van der Waals surface area contributed by atoms with Gasteiger partial charge in [0.15, 0.2) is 0 Å². The van der Waals surface area contributed by atoms with Crippen molar-refractivity contribution in [3.05, 3.63) is 29.8 Å². The Morgan fingerprint density at radius 2 is 1.69 bits per heavy atom. The summed E-state index contributed by atoms with van der Waals surface area (Å²) in [6.45, 7) is 7.93. The third kappa shape index (κ3) is 5.65. The summed E-state index contributed by atoms with van der Waals surface area (Å²) in [6.07, 6.45) is 7.18. The van der Waals surface area contributed by atoms with Gasteiger partial charge < -0.3 is 15.0 Å². The maximum absolute atomic E-state index is 13.2. The maximum atomic E-state index is 13.2. The molecule has 1 aromatic rings. The first-order chi connectivity index (χ1) is 16.6. The number of amides is 4. The van der Waals surface area contributed by atoms with Crippen LogP contribution in [0.25, 0.3) is 0 Å². The van der Waals surface area contributed by atoms with Gasteiger partial charge in [-0.2, -0.15) is 0 Å². The monoisotopic (exact) mass is 483 g/mol. The molecule has 7 heteroatoms. The van der Waals surface area contributed by atoms with E-state index in [0.29, 0.717) is 37.8 Å². The predicted molar refractivity (Wildman–Crippen MR) is 135 cm³/mol. The molecule has 1 aromatic carbocycles. The highest BCUT2D eigenvalue weighted by Gasteiger charge is 2.53. The fraction of sp³-hybridized carbons (Fsp3) is 0.679. The van der Waals surface area contributed by atoms with Gasteiger partial charge in [-0.25, -0.2) is 4.79 Å². The second-order valence-corrected chi connectivity index (χ2v) is 11.8. The third-order valence-corrected chi connectivity index (χ3v) is 8.57. The van der Waals surface area contributed by atoms with Crippen LogP contribution in [-0.4, -0.2) is 59.9 Å². The van der Waals surface area contributed by atoms with Crippen LogP contribution in [0, 0.1) is 17.3 Å². The van der Waals surface area contributed by atoms with Crippen LogP contribution in [0.1, 0.15) is 71.3 Å². The summed E-state index contributed by atoms with van der Waals surface area (Å²) in [5, 5.41) is 2.95. The van der Waals surface area contributed by atoms with E-state index in [1.54, 1.807) is 7.11 Å². The average Bonchev–Trinajstić information content (AvgIpc) is 3.06. The summed E-state index contributed by atoms with van der Waals surface area (Å²) in [5.74, 6) is 1.66. The number of likely N-dealkylation sites (tertiary alicyclic amines) is 1. The highest BCUT2D eigenvalue weighted by atomic mass is 16.5. The highest BCUT2D eigenvalue weighted by Crippen LogP contribution is 2.43. The number of carbonyl (C=O) groups is 3. The first-order valence-electron chi connectivity index (χ1n) is 13.2. The van der Waals surface area contributed by atoms with Crippen LogP contribution in [0.4, 0.5) is 4.79 Å². The molecule has 2 saturated heterocycles. The average molecular weight is 484 g/mol. The molecule has 4 amide bonds. The standard InChI is InChI=1S/C28H41N3O4/c1-27(2,3)22-11-15-28(16-12-22)25(33)31(26(34)29-28)19-24(32)30-17-13-21(14-18-30)6-5-20-7-9-23(35-4)10-8-20/h7-10,21-22H,5-6,11-19H2,1-4H3,(H,29,34). The number of nitrogens with one attached hydrogen (secondary N) is 1. The number of rotatable bonds is 6. The first-order valence-corrected chi connectivity index (χ1v) is 13.2. The minimum absolute atomic E-state index is 0.123. The van der Waals surface area contributed by atoms with Crippen LogP contribution in [0.3, 0.4) is 0 Å². The normalized spacial score (nSPS) is 25.8. The topological polar surface area (TPSA) is 79.0 Å². The number of methoxy groups -OCH3 is 1. The summed E-state index contributed by atoms with van der Waals surface area (Å²) in [5.41, 5.74) is 0.686. The number of urea groups is 1. The summed E-state index contributed by atoms with van der Waals surface area (Å²) < 4.78 is 5.22. The van der Waals surface area contributed by atoms with Gasteiger partial charge in [-0.3, -0.25) is 14.5 Å². The zero-order chi connectivity index (χ0) is 25.2. The summed E-state index contributed by atoms with van der Waals surface area (Å²) in [4.78, 5) is 41.9. The summed E-state index contributed by atoms with van der Waals surface area (Å²) in [6, 6.07) is 7.79. The summed E-state index contributed by atoms with van der Waals surface area (Å²) in [7, 11) is 1.67. The van der Waals surface area contributed by atoms with Gasteiger partial charge in [0.2, 0.25) is 5.91 Å². The maximum Gasteiger partial charge on any atom is 0.325 e. The van der Waals surface area contributed by atoms with Crippen molar-refractivity contribution in [3.8, 4) is 5.75 Å². The molecule has 1 spiro atoms. The molecule has 0 radical (unpaired) electrons. The molecule has 1 aliphatic carbocycles. The quantitative estimate of drug-likeness (QED) is 0.609. The van der Waals surface area contributed by atoms with Crippen molar-refractivity contribution in [1.82, 2.24) is 15.1 Å². The second-order valence-electron chi connectivity index (χ2n) is 11.8. The molecule has 2 heterocycles. The largest absolute Gasteiger partial charge is 0.497 e. The van der Waals surface area contributed by atoms with Gasteiger partial charge in [-0.15, -0.1) is 0 Å². The van der Waals surface area contributed by atoms with E-state index in [0.717, 1.165) is 49.2 Å². The van der Waals surface area contributed by atoms with Crippen LogP contribution in [0.15, 0.2) is 24.3 Å². The molecule has 2 aliphatic heterocycles. The fourth-order valence-electron chi connectivity index (χ4n) is 6.00. The highest BCUT2D eigenvalue weighted by molar-refractivity contribution is 6.09. The van der Waals surface area contributed by atoms with Gasteiger partial charge >= 0.3 is 6.03 Å². The SMILES string of the molecule is COc1ccc(CCC2CCN(C(=O)CN3C(=O)NC4(CCC(C(C)(C)C)CC4)C3=O)CC2)cc1. The lowest BCUT2D eigenvalue weighted by molar-refractivity contribution is -0.140. The van der Waals surface area contributed by atoms with Crippen molar-refractivity contribution in [2.75, 3.05) is 26.7 Å². The first kappa shape index (κ1) is 25.5. The molecule has 0 unspecified atom stereocenters. The molecule has 7 nitrogen and oxygen atoms in total. The molecule has 3 aliphatic rings. The fourth-order valence-corrected chi connectivity index (χ4v) is 6.00. The molecule has 35 heavy (non-hydrogen) atoms. The van der Waals surface area contributed by atoms with E-state index >= 15 is 0 Å². The van der Waals surface area contributed by atoms with Crippen molar-refractivity contribution in [1.29, 1.82) is 0 Å². The molecule has 1 N–H and O–H groups in total. The predicted octanol–water partition coefficient (Wildman–Crippen LogP) is 4.39. The smallest absolute Gasteiger partial charge is 0.325 e. The van der Waals surface area contributed by atoms with E-state index in [9.17, 15) is 14.4 Å². The molecule has 192 valence electrons. The van der Waals surface area contributed by atoms with E-state index in [1.807, 2.05) is 17.0 Å². The van der Waals surface area contributed by atoms with Gasteiger partial charge in [0.05, 0.1) is 7.11 Å². The Labute approximate surface area is 209 Å². The van der Waals surface area contributed by atoms with Gasteiger partial charge in [-0.1, -0.05) is 32.9 Å². The Hall–Kier alpha value is -2.57. The number of hydrogen-bond acceptors (Lipinski definition) is 4. The Kier molecular flexibility index (Phi) is 7.43. The molecular weight excluding hydrogens is 442 g/mol. The van der Waals surface area contributed by atoms with Crippen molar-refractivity contribution in [2.45, 2.75) is 77.7 Å². The van der Waals surface area contributed by atoms with E-state index in [-0.39, 0.29) is 23.8 Å². The van der Waals surface area contributed by atoms with Crippen molar-refractivity contribution >= 4 is 17.8 Å². The van der Waals surface area contributed by atoms with Gasteiger partial charge in [0.25, 0.3) is 5.91 Å². The van der Waals surface area contributed by atoms with Crippen molar-refractivity contribution < 1.29 is 19.1 Å². The lowest BCUT2D eigenvalue weighted by Gasteiger charge is -2.40. The summed E-state index contributed by atoms with van der Waals surface area (Å²) >= 11 is 0. The molecule has 4 rings (SSSR count). The zero-order valence-corrected chi connectivity index (χ0v) is 21.8. The zero-order valence-electron chi connectivity index (χ0n) is 21.8. The van der Waals surface area contributed by atoms with E-state index in [1.165, 1.54) is 5.56 Å². The third-order valence-electron chi connectivity index (χ3n) is 8.57. The Bertz CT molecular complexity index is 921. The van der Waals surface area contributed by atoms with Crippen molar-refractivity contribution in [3.63, 3.8) is 0 Å². The molecule has 1 saturated carbocycles. The van der Waals surface area contributed by atoms with Gasteiger partial charge in [0.1, 0.15) is 17.8 Å². The van der Waals surface area contributed by atoms with E-state index in [2.05, 4.69) is 38.2 Å². The minimum Gasteiger partial charge on any atom is -0.497 e. The molecule has 0 aromatic heterocycles. The van der Waals surface area contributed by atoms with Crippen LogP contribution in [0.2, 0.25) is 0 Å². The molecular formula is C28H41N3O4. The second kappa shape index (κ2) is 10.2. The number of hydrogen-bond donors (Lipinski definition) is 1. The van der Waals surface area contributed by atoms with Crippen LogP contribution in [-0.2, 0) is 16.0 Å². The van der Waals surface area contributed by atoms with Gasteiger partial charge in [-0.05, 0) is 86.3 Å². The Morgan fingerprint density at radius 1 is 1.06 bits per heavy atom. The number of piperidine rings is 1. The van der Waals surface area contributed by atoms with Crippen molar-refractivity contribution in [2.24, 2.45) is 17.3 Å². The van der Waals surface area contributed by atoms with Crippen LogP contribution in [0.5, 0.6) is 5.75 Å². The molecule has 3 fully saturated rings. The number of benzene rings is 1. The number of carbonyl (C=O) groups excluding carboxylic acids is 3. The van der Waals surface area contributed by atoms with E-state index < -0.39 is 11.6 Å². The molecule has 0 atom stereocenters. The van der Waals surface area contributed by atoms with Crippen LogP contribution >= 0.6 is 0 Å². The minimum atomic E-state index is -0.812. The lowest BCUT2D eigenvalue weighted by atomic mass is 9.67. The molecule has 0 bridgehead atoms. The van der Waals surface area contributed by atoms with E-state index in [4.69, 9.17) is 4.74 Å². The Morgan fingerprint density at radius 3 is 2.26 bits per heavy atom. The number of imide groups is 1. The Balaban J connectivity index is 1.24. The van der Waals surface area contributed by atoms with Gasteiger partial charge in [0, 0.05) is 13.1 Å². The number of ether oxygens (including phenoxy) is 1. The van der Waals surface area contributed by atoms with Crippen LogP contribution < -0.4 is 10.1 Å².